The van der Waals surface area contributed by atoms with Gasteiger partial charge in [-0.15, -0.1) is 0 Å². The number of hydrogen-bond donors (Lipinski definition) is 1. The highest BCUT2D eigenvalue weighted by atomic mass is 16.2. The molecule has 1 amide bonds. The molecule has 74 valence electrons. The van der Waals surface area contributed by atoms with Crippen LogP contribution in [0.15, 0.2) is 6.33 Å². The Bertz CT molecular complexity index is 399. The minimum absolute atomic E-state index is 0.142. The molecule has 1 N–H and O–H groups in total. The minimum atomic E-state index is -0.604. The van der Waals surface area contributed by atoms with Crippen LogP contribution in [-0.2, 0) is 17.7 Å². The zero-order chi connectivity index (χ0) is 10.4. The number of H-pyrrole nitrogens is 1. The highest BCUT2D eigenvalue weighted by Crippen LogP contribution is 2.32. The van der Waals surface area contributed by atoms with E-state index in [1.165, 1.54) is 0 Å². The van der Waals surface area contributed by atoms with Crippen LogP contribution in [-0.4, -0.2) is 27.3 Å². The van der Waals surface area contributed by atoms with Crippen LogP contribution in [0.3, 0.4) is 0 Å². The molecule has 0 aromatic carbocycles. The highest BCUT2D eigenvalue weighted by molar-refractivity contribution is 5.81. The zero-order valence-corrected chi connectivity index (χ0v) is 7.86. The summed E-state index contributed by atoms with van der Waals surface area (Å²) in [5.74, 6) is 0.335. The SMILES string of the molecule is [2H][C@@H]1c2nc[nH]c2CCN1C(=O)C1CC1. The lowest BCUT2D eigenvalue weighted by molar-refractivity contribution is -0.133. The lowest BCUT2D eigenvalue weighted by atomic mass is 10.1. The fourth-order valence-electron chi connectivity index (χ4n) is 1.83. The molecule has 2 heterocycles. The fourth-order valence-corrected chi connectivity index (χ4v) is 1.83. The van der Waals surface area contributed by atoms with Gasteiger partial charge in [-0.05, 0) is 12.8 Å². The molecule has 3 rings (SSSR count). The molecule has 2 aliphatic rings. The Labute approximate surface area is 83.7 Å². The van der Waals surface area contributed by atoms with E-state index < -0.39 is 6.52 Å². The quantitative estimate of drug-likeness (QED) is 0.712. The molecule has 1 atom stereocenters. The van der Waals surface area contributed by atoms with Gasteiger partial charge in [-0.1, -0.05) is 0 Å². The maximum absolute atomic E-state index is 11.9. The van der Waals surface area contributed by atoms with Crippen LogP contribution in [0.2, 0.25) is 0 Å². The number of nitrogens with zero attached hydrogens (tertiary/aromatic N) is 2. The van der Waals surface area contributed by atoms with Crippen LogP contribution < -0.4 is 0 Å². The lowest BCUT2D eigenvalue weighted by Crippen LogP contribution is -2.36. The van der Waals surface area contributed by atoms with Crippen molar-refractivity contribution < 1.29 is 6.17 Å². The van der Waals surface area contributed by atoms with Gasteiger partial charge in [0.25, 0.3) is 0 Å². The van der Waals surface area contributed by atoms with Crippen LogP contribution in [0.4, 0.5) is 0 Å². The first-order valence-corrected chi connectivity index (χ1v) is 5.02. The van der Waals surface area contributed by atoms with E-state index in [2.05, 4.69) is 9.97 Å². The van der Waals surface area contributed by atoms with Gasteiger partial charge in [-0.3, -0.25) is 4.79 Å². The first-order chi connectivity index (χ1) is 7.27. The largest absolute Gasteiger partial charge is 0.348 e. The van der Waals surface area contributed by atoms with Gasteiger partial charge >= 0.3 is 0 Å². The standard InChI is InChI=1S/C10H13N3O/c14-10(7-1-2-7)13-4-3-8-9(5-13)12-6-11-8/h6-7H,1-5H2,(H,11,12)/i5D/t5-/m1/s1. The lowest BCUT2D eigenvalue weighted by Gasteiger charge is -2.26. The van der Waals surface area contributed by atoms with Crippen molar-refractivity contribution >= 4 is 5.91 Å². The molecule has 1 aromatic heterocycles. The second-order valence-electron chi connectivity index (χ2n) is 3.95. The van der Waals surface area contributed by atoms with Crippen LogP contribution in [0.5, 0.6) is 0 Å². The van der Waals surface area contributed by atoms with Crippen LogP contribution in [0.25, 0.3) is 0 Å². The number of fused-ring (bicyclic) bond motifs is 1. The number of carbonyl (C=O) groups excluding carboxylic acids is 1. The van der Waals surface area contributed by atoms with Crippen molar-refractivity contribution in [1.29, 1.82) is 0 Å². The third-order valence-electron chi connectivity index (χ3n) is 2.84. The molecule has 0 radical (unpaired) electrons. The Morgan fingerprint density at radius 3 is 3.36 bits per heavy atom. The highest BCUT2D eigenvalue weighted by Gasteiger charge is 2.34. The normalized spacial score (nSPS) is 27.0. The summed E-state index contributed by atoms with van der Waals surface area (Å²) < 4.78 is 8.00. The summed E-state index contributed by atoms with van der Waals surface area (Å²) in [5, 5.41) is 0. The monoisotopic (exact) mass is 192 g/mol. The number of aromatic amines is 1. The van der Waals surface area contributed by atoms with Gasteiger partial charge in [0.2, 0.25) is 5.91 Å². The summed E-state index contributed by atoms with van der Waals surface area (Å²) >= 11 is 0. The minimum Gasteiger partial charge on any atom is -0.348 e. The summed E-state index contributed by atoms with van der Waals surface area (Å²) in [5.41, 5.74) is 1.73. The number of carbonyl (C=O) groups is 1. The molecule has 1 aliphatic heterocycles. The summed E-state index contributed by atoms with van der Waals surface area (Å²) in [6.45, 7) is 0.0479. The van der Waals surface area contributed by atoms with E-state index in [9.17, 15) is 4.79 Å². The summed E-state index contributed by atoms with van der Waals surface area (Å²) in [4.78, 5) is 20.7. The summed E-state index contributed by atoms with van der Waals surface area (Å²) in [7, 11) is 0. The molecule has 1 aliphatic carbocycles. The Balaban J connectivity index is 1.86. The number of nitrogens with one attached hydrogen (secondary N) is 1. The van der Waals surface area contributed by atoms with Gasteiger partial charge in [0.05, 0.1) is 19.9 Å². The number of hydrogen-bond acceptors (Lipinski definition) is 2. The Morgan fingerprint density at radius 1 is 1.71 bits per heavy atom. The van der Waals surface area contributed by atoms with Gasteiger partial charge < -0.3 is 9.88 Å². The van der Waals surface area contributed by atoms with E-state index in [1.54, 1.807) is 11.2 Å². The first kappa shape index (κ1) is 7.04. The predicted molar refractivity (Wildman–Crippen MR) is 50.4 cm³/mol. The van der Waals surface area contributed by atoms with Crippen molar-refractivity contribution in [3.8, 4) is 0 Å². The molecular weight excluding hydrogens is 178 g/mol. The van der Waals surface area contributed by atoms with E-state index in [0.717, 1.165) is 30.7 Å². The van der Waals surface area contributed by atoms with E-state index >= 15 is 0 Å². The molecule has 4 nitrogen and oxygen atoms in total. The summed E-state index contributed by atoms with van der Waals surface area (Å²) in [6, 6.07) is 0. The van der Waals surface area contributed by atoms with Gasteiger partial charge in [-0.25, -0.2) is 4.98 Å². The third kappa shape index (κ3) is 1.22. The van der Waals surface area contributed by atoms with E-state index in [-0.39, 0.29) is 11.8 Å². The molecule has 1 fully saturated rings. The van der Waals surface area contributed by atoms with E-state index in [4.69, 9.17) is 1.37 Å². The molecule has 0 unspecified atom stereocenters. The summed E-state index contributed by atoms with van der Waals surface area (Å²) in [6.07, 6.45) is 4.39. The van der Waals surface area contributed by atoms with Crippen molar-refractivity contribution in [2.45, 2.75) is 25.8 Å². The van der Waals surface area contributed by atoms with Crippen molar-refractivity contribution in [2.24, 2.45) is 5.92 Å². The molecular formula is C10H13N3O. The fraction of sp³-hybridized carbons (Fsp3) is 0.600. The Kier molecular flexibility index (Phi) is 1.42. The van der Waals surface area contributed by atoms with Crippen LogP contribution in [0.1, 0.15) is 25.6 Å². The smallest absolute Gasteiger partial charge is 0.226 e. The molecule has 0 saturated heterocycles. The maximum atomic E-state index is 11.9. The van der Waals surface area contributed by atoms with Crippen molar-refractivity contribution in [3.05, 3.63) is 17.7 Å². The van der Waals surface area contributed by atoms with E-state index in [0.29, 0.717) is 6.54 Å². The second-order valence-corrected chi connectivity index (χ2v) is 3.95. The van der Waals surface area contributed by atoms with Gasteiger partial charge in [0.15, 0.2) is 0 Å². The van der Waals surface area contributed by atoms with Gasteiger partial charge in [0.1, 0.15) is 0 Å². The third-order valence-corrected chi connectivity index (χ3v) is 2.84. The Morgan fingerprint density at radius 2 is 2.57 bits per heavy atom. The molecule has 0 spiro atoms. The van der Waals surface area contributed by atoms with Crippen LogP contribution in [0, 0.1) is 5.92 Å². The molecule has 1 saturated carbocycles. The molecule has 14 heavy (non-hydrogen) atoms. The second kappa shape index (κ2) is 2.83. The average Bonchev–Trinajstić information content (AvgIpc) is 2.97. The number of imidazole rings is 1. The average molecular weight is 192 g/mol. The predicted octanol–water partition coefficient (Wildman–Crippen LogP) is 0.704. The van der Waals surface area contributed by atoms with Gasteiger partial charge in [0, 0.05) is 24.6 Å². The maximum Gasteiger partial charge on any atom is 0.226 e. The molecule has 1 aromatic rings. The van der Waals surface area contributed by atoms with Crippen molar-refractivity contribution in [3.63, 3.8) is 0 Å². The van der Waals surface area contributed by atoms with Crippen molar-refractivity contribution in [2.75, 3.05) is 6.54 Å². The topological polar surface area (TPSA) is 49.0 Å². The Hall–Kier alpha value is -1.32. The zero-order valence-electron chi connectivity index (χ0n) is 8.86. The number of rotatable bonds is 1. The van der Waals surface area contributed by atoms with Crippen LogP contribution >= 0.6 is 0 Å². The van der Waals surface area contributed by atoms with E-state index in [1.807, 2.05) is 0 Å². The molecule has 0 bridgehead atoms. The molecule has 4 heteroatoms. The number of aromatic nitrogens is 2. The van der Waals surface area contributed by atoms with Gasteiger partial charge in [-0.2, -0.15) is 0 Å². The van der Waals surface area contributed by atoms with Crippen molar-refractivity contribution in [1.82, 2.24) is 14.9 Å². The first-order valence-electron chi connectivity index (χ1n) is 5.60. The number of amides is 1.